The Balaban J connectivity index is 1.60. The number of hydrogen-bond donors (Lipinski definition) is 0. The summed E-state index contributed by atoms with van der Waals surface area (Å²) in [5.41, 5.74) is -1.46. The summed E-state index contributed by atoms with van der Waals surface area (Å²) in [4.78, 5) is 30.2. The highest BCUT2D eigenvalue weighted by Gasteiger charge is 2.45. The summed E-state index contributed by atoms with van der Waals surface area (Å²) in [5.74, 6) is -0.894. The summed E-state index contributed by atoms with van der Waals surface area (Å²) in [6, 6.07) is 15.0. The predicted octanol–water partition coefficient (Wildman–Crippen LogP) is 5.72. The van der Waals surface area contributed by atoms with Crippen LogP contribution in [0.4, 0.5) is 17.6 Å². The number of allylic oxidation sites excluding steroid dienone is 1. The molecule has 0 radical (unpaired) electrons. The molecule has 228 valence electrons. The molecule has 5 rings (SSSR count). The molecule has 4 aromatic rings. The van der Waals surface area contributed by atoms with E-state index in [2.05, 4.69) is 4.99 Å². The Kier molecular flexibility index (Phi) is 8.93. The van der Waals surface area contributed by atoms with E-state index in [0.29, 0.717) is 22.1 Å². The maximum atomic E-state index is 14.3. The number of esters is 1. The zero-order valence-electron chi connectivity index (χ0n) is 23.2. The molecule has 1 aromatic heterocycles. The molecular weight excluding hydrogens is 624 g/mol. The van der Waals surface area contributed by atoms with Gasteiger partial charge < -0.3 is 14.2 Å². The van der Waals surface area contributed by atoms with Crippen LogP contribution in [0.25, 0.3) is 6.08 Å². The van der Waals surface area contributed by atoms with Gasteiger partial charge in [-0.3, -0.25) is 9.36 Å². The zero-order valence-corrected chi connectivity index (χ0v) is 24.7. The Hall–Kier alpha value is -4.42. The molecule has 0 bridgehead atoms. The number of benzene rings is 3. The number of nitrogens with zero attached hydrogens (tertiary/aromatic N) is 2. The third-order valence-electron chi connectivity index (χ3n) is 6.57. The van der Waals surface area contributed by atoms with E-state index in [-0.39, 0.29) is 33.9 Å². The number of thiazole rings is 1. The van der Waals surface area contributed by atoms with Gasteiger partial charge in [0.05, 0.1) is 29.9 Å². The molecule has 1 aliphatic rings. The van der Waals surface area contributed by atoms with Gasteiger partial charge in [0.15, 0.2) is 22.0 Å². The number of alkyl halides is 3. The number of carbonyl (C=O) groups excluding carboxylic acids is 1. The highest BCUT2D eigenvalue weighted by atomic mass is 35.5. The lowest BCUT2D eigenvalue weighted by Crippen LogP contribution is -2.41. The fourth-order valence-electron chi connectivity index (χ4n) is 4.59. The quantitative estimate of drug-likeness (QED) is 0.181. The molecule has 44 heavy (non-hydrogen) atoms. The maximum Gasteiger partial charge on any atom is 0.434 e. The van der Waals surface area contributed by atoms with Crippen molar-refractivity contribution < 1.29 is 36.6 Å². The van der Waals surface area contributed by atoms with E-state index in [0.717, 1.165) is 21.5 Å². The van der Waals surface area contributed by atoms with Crippen LogP contribution in [-0.2, 0) is 16.1 Å². The molecule has 3 aromatic carbocycles. The van der Waals surface area contributed by atoms with Crippen LogP contribution in [0.3, 0.4) is 0 Å². The Morgan fingerprint density at radius 2 is 1.77 bits per heavy atom. The minimum Gasteiger partial charge on any atom is -0.493 e. The molecule has 1 aliphatic heterocycles. The molecule has 0 fully saturated rings. The molecular formula is C31H23ClF4N2O5S. The van der Waals surface area contributed by atoms with Gasteiger partial charge in [0.25, 0.3) is 5.56 Å². The third kappa shape index (κ3) is 6.41. The average Bonchev–Trinajstić information content (AvgIpc) is 3.30. The highest BCUT2D eigenvalue weighted by molar-refractivity contribution is 7.07. The minimum absolute atomic E-state index is 0.0661. The number of ether oxygens (including phenoxy) is 3. The molecule has 0 aliphatic carbocycles. The summed E-state index contributed by atoms with van der Waals surface area (Å²) >= 11 is 6.76. The highest BCUT2D eigenvalue weighted by Crippen LogP contribution is 2.38. The van der Waals surface area contributed by atoms with Gasteiger partial charge in [-0.1, -0.05) is 53.3 Å². The topological polar surface area (TPSA) is 79.1 Å². The number of methoxy groups -OCH3 is 1. The lowest BCUT2D eigenvalue weighted by molar-refractivity contribution is -0.140. The van der Waals surface area contributed by atoms with Gasteiger partial charge in [-0.05, 0) is 66.1 Å². The standard InChI is InChI=1S/C31H23ClF4N2O5S/c1-3-42-29(40)25-26(19-7-9-20(32)10-8-19)38-28(39)24(44-30(38)37-27(25)31(34,35)36)15-18-6-13-22(23(14-18)41-2)43-16-17-4-11-21(33)12-5-17/h4-15,26H,3,16H2,1-2H3/b24-15-/t26-/m0/s1. The fourth-order valence-corrected chi connectivity index (χ4v) is 5.71. The number of hydrogen-bond acceptors (Lipinski definition) is 7. The maximum absolute atomic E-state index is 14.3. The Morgan fingerprint density at radius 1 is 1.07 bits per heavy atom. The first kappa shape index (κ1) is 31.0. The van der Waals surface area contributed by atoms with Crippen molar-refractivity contribution in [1.82, 2.24) is 4.57 Å². The molecule has 0 amide bonds. The smallest absolute Gasteiger partial charge is 0.434 e. The summed E-state index contributed by atoms with van der Waals surface area (Å²) in [5, 5.41) is 0.318. The van der Waals surface area contributed by atoms with Gasteiger partial charge in [0.1, 0.15) is 12.4 Å². The van der Waals surface area contributed by atoms with Crippen LogP contribution >= 0.6 is 22.9 Å². The fraction of sp³-hybridized carbons (Fsp3) is 0.194. The van der Waals surface area contributed by atoms with Gasteiger partial charge in [0.2, 0.25) is 0 Å². The van der Waals surface area contributed by atoms with E-state index in [1.807, 2.05) is 0 Å². The van der Waals surface area contributed by atoms with Crippen molar-refractivity contribution in [3.05, 3.63) is 125 Å². The van der Waals surface area contributed by atoms with Crippen molar-refractivity contribution in [1.29, 1.82) is 0 Å². The van der Waals surface area contributed by atoms with Crippen molar-refractivity contribution in [3.8, 4) is 11.5 Å². The van der Waals surface area contributed by atoms with E-state index >= 15 is 0 Å². The third-order valence-corrected chi connectivity index (χ3v) is 7.81. The molecule has 0 N–H and O–H groups in total. The Labute approximate surface area is 256 Å². The van der Waals surface area contributed by atoms with Crippen LogP contribution in [0.1, 0.15) is 29.7 Å². The number of rotatable bonds is 8. The second-order valence-corrected chi connectivity index (χ2v) is 10.9. The van der Waals surface area contributed by atoms with Crippen molar-refractivity contribution in [2.75, 3.05) is 13.7 Å². The number of fused-ring (bicyclic) bond motifs is 1. The number of carbonyl (C=O) groups is 1. The van der Waals surface area contributed by atoms with Crippen LogP contribution in [-0.4, -0.2) is 30.4 Å². The van der Waals surface area contributed by atoms with E-state index in [1.54, 1.807) is 30.3 Å². The molecule has 0 spiro atoms. The first-order valence-electron chi connectivity index (χ1n) is 13.1. The van der Waals surface area contributed by atoms with Gasteiger partial charge in [0, 0.05) is 5.02 Å². The SMILES string of the molecule is CCOC(=O)C1=C(C(F)(F)F)N=c2s/c(=C\c3ccc(OCc4ccc(F)cc4)c(OC)c3)c(=O)n2[C@H]1c1ccc(Cl)cc1. The summed E-state index contributed by atoms with van der Waals surface area (Å²) in [6.07, 6.45) is -3.53. The first-order chi connectivity index (χ1) is 21.0. The van der Waals surface area contributed by atoms with Crippen LogP contribution < -0.4 is 24.4 Å². The van der Waals surface area contributed by atoms with Crippen LogP contribution in [0, 0.1) is 5.82 Å². The van der Waals surface area contributed by atoms with E-state index < -0.39 is 35.0 Å². The van der Waals surface area contributed by atoms with Crippen molar-refractivity contribution in [3.63, 3.8) is 0 Å². The van der Waals surface area contributed by atoms with Gasteiger partial charge in [-0.2, -0.15) is 13.2 Å². The Morgan fingerprint density at radius 3 is 2.41 bits per heavy atom. The van der Waals surface area contributed by atoms with Gasteiger partial charge in [-0.15, -0.1) is 0 Å². The average molecular weight is 647 g/mol. The van der Waals surface area contributed by atoms with E-state index in [4.69, 9.17) is 25.8 Å². The normalized spacial score (nSPS) is 15.1. The number of halogens is 5. The van der Waals surface area contributed by atoms with E-state index in [1.165, 1.54) is 56.5 Å². The molecule has 0 saturated heterocycles. The second-order valence-electron chi connectivity index (χ2n) is 9.44. The van der Waals surface area contributed by atoms with Gasteiger partial charge in [-0.25, -0.2) is 14.2 Å². The largest absolute Gasteiger partial charge is 0.493 e. The number of aromatic nitrogens is 1. The van der Waals surface area contributed by atoms with Crippen LogP contribution in [0.5, 0.6) is 11.5 Å². The van der Waals surface area contributed by atoms with Gasteiger partial charge >= 0.3 is 12.1 Å². The Bertz CT molecular complexity index is 1920. The van der Waals surface area contributed by atoms with Crippen LogP contribution in [0.15, 0.2) is 87.8 Å². The van der Waals surface area contributed by atoms with Crippen molar-refractivity contribution >= 4 is 35.0 Å². The second kappa shape index (κ2) is 12.7. The molecule has 1 atom stereocenters. The predicted molar refractivity (Wildman–Crippen MR) is 156 cm³/mol. The lowest BCUT2D eigenvalue weighted by atomic mass is 9.95. The molecule has 7 nitrogen and oxygen atoms in total. The lowest BCUT2D eigenvalue weighted by Gasteiger charge is -2.26. The summed E-state index contributed by atoms with van der Waals surface area (Å²) in [7, 11) is 1.43. The van der Waals surface area contributed by atoms with Crippen molar-refractivity contribution in [2.24, 2.45) is 4.99 Å². The summed E-state index contributed by atoms with van der Waals surface area (Å²) in [6.45, 7) is 1.42. The molecule has 0 unspecified atom stereocenters. The summed E-state index contributed by atoms with van der Waals surface area (Å²) < 4.78 is 73.4. The monoisotopic (exact) mass is 646 g/mol. The first-order valence-corrected chi connectivity index (χ1v) is 14.3. The molecule has 0 saturated carbocycles. The zero-order chi connectivity index (χ0) is 31.6. The van der Waals surface area contributed by atoms with Crippen molar-refractivity contribution in [2.45, 2.75) is 25.7 Å². The van der Waals surface area contributed by atoms with Crippen LogP contribution in [0.2, 0.25) is 5.02 Å². The molecule has 13 heteroatoms. The minimum atomic E-state index is -5.01. The van der Waals surface area contributed by atoms with E-state index in [9.17, 15) is 27.2 Å². The molecule has 2 heterocycles.